The predicted octanol–water partition coefficient (Wildman–Crippen LogP) is 1.72. The minimum absolute atomic E-state index is 0.0356. The number of aliphatic carboxylic acids is 1. The van der Waals surface area contributed by atoms with E-state index in [9.17, 15) is 13.2 Å². The van der Waals surface area contributed by atoms with Crippen molar-refractivity contribution in [3.8, 4) is 5.75 Å². The number of rotatable bonds is 8. The molecule has 0 radical (unpaired) electrons. The second kappa shape index (κ2) is 7.14. The van der Waals surface area contributed by atoms with Gasteiger partial charge in [0, 0.05) is 13.0 Å². The van der Waals surface area contributed by atoms with Gasteiger partial charge in [-0.25, -0.2) is 8.42 Å². The maximum Gasteiger partial charge on any atom is 0.303 e. The molecule has 6 nitrogen and oxygen atoms in total. The Bertz CT molecular complexity index is 538. The Kier molecular flexibility index (Phi) is 5.82. The van der Waals surface area contributed by atoms with Gasteiger partial charge in [0.2, 0.25) is 10.0 Å². The van der Waals surface area contributed by atoms with E-state index in [2.05, 4.69) is 0 Å². The summed E-state index contributed by atoms with van der Waals surface area (Å²) in [7, 11) is -1.90. The van der Waals surface area contributed by atoms with Crippen molar-refractivity contribution in [2.45, 2.75) is 19.8 Å². The number of ether oxygens (including phenoxy) is 1. The molecule has 0 fully saturated rings. The van der Waals surface area contributed by atoms with Gasteiger partial charge < -0.3 is 9.84 Å². The minimum Gasteiger partial charge on any atom is -0.497 e. The quantitative estimate of drug-likeness (QED) is 0.790. The number of sulfonamides is 1. The topological polar surface area (TPSA) is 83.9 Å². The zero-order valence-electron chi connectivity index (χ0n) is 11.6. The maximum absolute atomic E-state index is 12.1. The SMILES string of the molecule is CCS(=O)(=O)N(CCCC(=O)O)c1ccc(OC)cc1. The lowest BCUT2D eigenvalue weighted by atomic mass is 10.2. The van der Waals surface area contributed by atoms with Crippen molar-refractivity contribution in [3.05, 3.63) is 24.3 Å². The molecular weight excluding hydrogens is 282 g/mol. The summed E-state index contributed by atoms with van der Waals surface area (Å²) in [6, 6.07) is 6.63. The van der Waals surface area contributed by atoms with Crippen molar-refractivity contribution in [1.29, 1.82) is 0 Å². The van der Waals surface area contributed by atoms with Gasteiger partial charge in [0.05, 0.1) is 18.6 Å². The summed E-state index contributed by atoms with van der Waals surface area (Å²) in [5, 5.41) is 8.64. The molecule has 20 heavy (non-hydrogen) atoms. The monoisotopic (exact) mass is 301 g/mol. The maximum atomic E-state index is 12.1. The van der Waals surface area contributed by atoms with Crippen LogP contribution < -0.4 is 9.04 Å². The van der Waals surface area contributed by atoms with E-state index in [1.807, 2.05) is 0 Å². The highest BCUT2D eigenvalue weighted by atomic mass is 32.2. The van der Waals surface area contributed by atoms with Crippen molar-refractivity contribution >= 4 is 21.7 Å². The Morgan fingerprint density at radius 1 is 1.30 bits per heavy atom. The van der Waals surface area contributed by atoms with Crippen LogP contribution in [0.25, 0.3) is 0 Å². The normalized spacial score (nSPS) is 11.1. The highest BCUT2D eigenvalue weighted by Crippen LogP contribution is 2.22. The number of anilines is 1. The highest BCUT2D eigenvalue weighted by Gasteiger charge is 2.20. The van der Waals surface area contributed by atoms with Crippen molar-refractivity contribution in [3.63, 3.8) is 0 Å². The van der Waals surface area contributed by atoms with Gasteiger partial charge in [-0.3, -0.25) is 9.10 Å². The summed E-state index contributed by atoms with van der Waals surface area (Å²) in [6.07, 6.45) is 0.201. The molecule has 1 aromatic rings. The van der Waals surface area contributed by atoms with Gasteiger partial charge in [-0.1, -0.05) is 0 Å². The highest BCUT2D eigenvalue weighted by molar-refractivity contribution is 7.92. The van der Waals surface area contributed by atoms with Crippen LogP contribution in [0.15, 0.2) is 24.3 Å². The first-order chi connectivity index (χ1) is 9.40. The van der Waals surface area contributed by atoms with E-state index >= 15 is 0 Å². The third-order valence-electron chi connectivity index (χ3n) is 2.81. The van der Waals surface area contributed by atoms with Crippen LogP contribution in [-0.4, -0.2) is 38.9 Å². The number of nitrogens with zero attached hydrogens (tertiary/aromatic N) is 1. The van der Waals surface area contributed by atoms with Crippen LogP contribution in [0.5, 0.6) is 5.75 Å². The molecule has 0 aliphatic carbocycles. The fourth-order valence-corrected chi connectivity index (χ4v) is 2.87. The van der Waals surface area contributed by atoms with Crippen LogP contribution >= 0.6 is 0 Å². The number of carbonyl (C=O) groups is 1. The number of carboxylic acid groups (broad SMARTS) is 1. The van der Waals surface area contributed by atoms with Crippen molar-refractivity contribution < 1.29 is 23.1 Å². The molecule has 1 N–H and O–H groups in total. The van der Waals surface area contributed by atoms with E-state index in [4.69, 9.17) is 9.84 Å². The van der Waals surface area contributed by atoms with E-state index in [0.29, 0.717) is 11.4 Å². The number of hydrogen-bond acceptors (Lipinski definition) is 4. The zero-order chi connectivity index (χ0) is 15.2. The first kappa shape index (κ1) is 16.3. The molecule has 0 saturated heterocycles. The first-order valence-electron chi connectivity index (χ1n) is 6.27. The molecule has 0 bridgehead atoms. The van der Waals surface area contributed by atoms with Crippen LogP contribution in [0.2, 0.25) is 0 Å². The van der Waals surface area contributed by atoms with Crippen LogP contribution in [0, 0.1) is 0 Å². The van der Waals surface area contributed by atoms with E-state index in [0.717, 1.165) is 0 Å². The molecule has 7 heteroatoms. The Balaban J connectivity index is 2.94. The molecule has 0 heterocycles. The number of methoxy groups -OCH3 is 1. The van der Waals surface area contributed by atoms with Gasteiger partial charge in [-0.2, -0.15) is 0 Å². The lowest BCUT2D eigenvalue weighted by Gasteiger charge is -2.23. The summed E-state index contributed by atoms with van der Waals surface area (Å²) >= 11 is 0. The molecule has 0 amide bonds. The molecule has 0 unspecified atom stereocenters. The fourth-order valence-electron chi connectivity index (χ4n) is 1.71. The Morgan fingerprint density at radius 2 is 1.90 bits per heavy atom. The van der Waals surface area contributed by atoms with E-state index in [-0.39, 0.29) is 25.1 Å². The average molecular weight is 301 g/mol. The Hall–Kier alpha value is -1.76. The van der Waals surface area contributed by atoms with Crippen LogP contribution in [-0.2, 0) is 14.8 Å². The average Bonchev–Trinajstić information content (AvgIpc) is 2.43. The molecular formula is C13H19NO5S. The molecule has 0 spiro atoms. The lowest BCUT2D eigenvalue weighted by molar-refractivity contribution is -0.137. The summed E-state index contributed by atoms with van der Waals surface area (Å²) in [5.74, 6) is -0.340. The second-order valence-corrected chi connectivity index (χ2v) is 6.35. The summed E-state index contributed by atoms with van der Waals surface area (Å²) in [6.45, 7) is 1.71. The number of benzene rings is 1. The molecule has 0 aliphatic heterocycles. The van der Waals surface area contributed by atoms with Crippen molar-refractivity contribution in [1.82, 2.24) is 0 Å². The third kappa shape index (κ3) is 4.41. The van der Waals surface area contributed by atoms with Gasteiger partial charge in [0.1, 0.15) is 5.75 Å². The molecule has 112 valence electrons. The first-order valence-corrected chi connectivity index (χ1v) is 7.88. The van der Waals surface area contributed by atoms with Gasteiger partial charge in [0.25, 0.3) is 0 Å². The smallest absolute Gasteiger partial charge is 0.303 e. The van der Waals surface area contributed by atoms with Crippen molar-refractivity contribution in [2.24, 2.45) is 0 Å². The summed E-state index contributed by atoms with van der Waals surface area (Å²) < 4.78 is 30.4. The van der Waals surface area contributed by atoms with Gasteiger partial charge in [-0.15, -0.1) is 0 Å². The minimum atomic E-state index is -3.43. The molecule has 1 aromatic carbocycles. The number of carboxylic acids is 1. The van der Waals surface area contributed by atoms with E-state index in [1.54, 1.807) is 31.2 Å². The van der Waals surface area contributed by atoms with Gasteiger partial charge in [-0.05, 0) is 37.6 Å². The molecule has 0 saturated carbocycles. The largest absolute Gasteiger partial charge is 0.497 e. The second-order valence-electron chi connectivity index (χ2n) is 4.17. The Morgan fingerprint density at radius 3 is 2.35 bits per heavy atom. The van der Waals surface area contributed by atoms with Gasteiger partial charge >= 0.3 is 5.97 Å². The third-order valence-corrected chi connectivity index (χ3v) is 4.61. The summed E-state index contributed by atoms with van der Waals surface area (Å²) in [4.78, 5) is 10.5. The van der Waals surface area contributed by atoms with Crippen molar-refractivity contribution in [2.75, 3.05) is 23.7 Å². The number of hydrogen-bond donors (Lipinski definition) is 1. The molecule has 0 aliphatic rings. The molecule has 0 aromatic heterocycles. The molecule has 1 rings (SSSR count). The van der Waals surface area contributed by atoms with Crippen LogP contribution in [0.3, 0.4) is 0 Å². The van der Waals surface area contributed by atoms with Crippen LogP contribution in [0.4, 0.5) is 5.69 Å². The van der Waals surface area contributed by atoms with Gasteiger partial charge in [0.15, 0.2) is 0 Å². The predicted molar refractivity (Wildman–Crippen MR) is 76.7 cm³/mol. The lowest BCUT2D eigenvalue weighted by Crippen LogP contribution is -2.33. The zero-order valence-corrected chi connectivity index (χ0v) is 12.4. The van der Waals surface area contributed by atoms with E-state index < -0.39 is 16.0 Å². The Labute approximate surface area is 119 Å². The summed E-state index contributed by atoms with van der Waals surface area (Å²) in [5.41, 5.74) is 0.512. The van der Waals surface area contributed by atoms with E-state index in [1.165, 1.54) is 11.4 Å². The fraction of sp³-hybridized carbons (Fsp3) is 0.462. The molecule has 0 atom stereocenters. The standard InChI is InChI=1S/C13H19NO5S/c1-3-20(17,18)14(10-4-5-13(15)16)11-6-8-12(19-2)9-7-11/h6-9H,3-5,10H2,1-2H3,(H,15,16). The van der Waals surface area contributed by atoms with Crippen LogP contribution in [0.1, 0.15) is 19.8 Å².